The second-order valence-corrected chi connectivity index (χ2v) is 6.43. The van der Waals surface area contributed by atoms with E-state index < -0.39 is 0 Å². The number of fused-ring (bicyclic) bond motifs is 1. The molecule has 1 amide bonds. The van der Waals surface area contributed by atoms with Crippen LogP contribution in [0.25, 0.3) is 10.9 Å². The van der Waals surface area contributed by atoms with Crippen molar-refractivity contribution >= 4 is 16.8 Å². The van der Waals surface area contributed by atoms with Crippen LogP contribution in [0, 0.1) is 6.92 Å². The molecule has 6 nitrogen and oxygen atoms in total. The number of H-pyrrole nitrogens is 1. The van der Waals surface area contributed by atoms with E-state index in [0.29, 0.717) is 25.2 Å². The minimum atomic E-state index is 0.0266. The second kappa shape index (κ2) is 6.83. The number of aliphatic hydroxyl groups excluding tert-OH is 1. The monoisotopic (exact) mass is 331 g/mol. The van der Waals surface area contributed by atoms with Crippen molar-refractivity contribution in [3.8, 4) is 5.75 Å². The number of rotatable bonds is 4. The number of carbonyl (C=O) groups is 1. The number of aromatic nitrogens is 1. The summed E-state index contributed by atoms with van der Waals surface area (Å²) < 4.78 is 5.28. The smallest absolute Gasteiger partial charge is 0.270 e. The van der Waals surface area contributed by atoms with Crippen molar-refractivity contribution in [2.24, 2.45) is 0 Å². The third kappa shape index (κ3) is 2.99. The number of piperazine rings is 1. The largest absolute Gasteiger partial charge is 0.497 e. The molecule has 0 saturated carbocycles. The van der Waals surface area contributed by atoms with E-state index in [1.54, 1.807) is 7.11 Å². The molecule has 6 heteroatoms. The lowest BCUT2D eigenvalue weighted by Gasteiger charge is -2.39. The van der Waals surface area contributed by atoms with E-state index in [1.807, 2.05) is 37.1 Å². The van der Waals surface area contributed by atoms with Crippen LogP contribution in [0.2, 0.25) is 0 Å². The summed E-state index contributed by atoms with van der Waals surface area (Å²) in [4.78, 5) is 20.3. The minimum absolute atomic E-state index is 0.0266. The number of likely N-dealkylation sites (N-methyl/N-ethyl adjacent to an activating group) is 1. The number of hydrogen-bond donors (Lipinski definition) is 2. The van der Waals surface area contributed by atoms with Crippen LogP contribution in [0.3, 0.4) is 0 Å². The number of aryl methyl sites for hydroxylation is 1. The highest BCUT2D eigenvalue weighted by Gasteiger charge is 2.29. The van der Waals surface area contributed by atoms with Gasteiger partial charge in [-0.3, -0.25) is 9.69 Å². The molecule has 2 heterocycles. The first-order valence-electron chi connectivity index (χ1n) is 8.31. The Labute approximate surface area is 142 Å². The third-order valence-corrected chi connectivity index (χ3v) is 5.01. The Bertz CT molecular complexity index is 740. The zero-order chi connectivity index (χ0) is 17.3. The van der Waals surface area contributed by atoms with Gasteiger partial charge in [0.05, 0.1) is 7.11 Å². The molecule has 1 aliphatic heterocycles. The van der Waals surface area contributed by atoms with Gasteiger partial charge in [-0.05, 0) is 44.2 Å². The molecule has 1 aliphatic rings. The molecule has 130 valence electrons. The zero-order valence-electron chi connectivity index (χ0n) is 14.5. The lowest BCUT2D eigenvalue weighted by molar-refractivity contribution is 0.0495. The van der Waals surface area contributed by atoms with Crippen LogP contribution in [-0.2, 0) is 0 Å². The summed E-state index contributed by atoms with van der Waals surface area (Å²) >= 11 is 0. The van der Waals surface area contributed by atoms with E-state index >= 15 is 0 Å². The van der Waals surface area contributed by atoms with Crippen molar-refractivity contribution in [3.63, 3.8) is 0 Å². The minimum Gasteiger partial charge on any atom is -0.497 e. The number of methoxy groups -OCH3 is 1. The summed E-state index contributed by atoms with van der Waals surface area (Å²) in [5, 5.41) is 10.2. The molecule has 1 saturated heterocycles. The maximum atomic E-state index is 13.0. The van der Waals surface area contributed by atoms with E-state index in [0.717, 1.165) is 28.8 Å². The summed E-state index contributed by atoms with van der Waals surface area (Å²) in [5.74, 6) is 0.810. The van der Waals surface area contributed by atoms with Gasteiger partial charge < -0.3 is 19.7 Å². The molecule has 1 aromatic carbocycles. The van der Waals surface area contributed by atoms with Crippen molar-refractivity contribution in [3.05, 3.63) is 29.5 Å². The molecule has 0 bridgehead atoms. The van der Waals surface area contributed by atoms with Gasteiger partial charge in [-0.2, -0.15) is 0 Å². The maximum absolute atomic E-state index is 13.0. The predicted octanol–water partition coefficient (Wildman–Crippen LogP) is 1.62. The Hall–Kier alpha value is -2.05. The van der Waals surface area contributed by atoms with Crippen LogP contribution in [-0.4, -0.2) is 72.2 Å². The van der Waals surface area contributed by atoms with Gasteiger partial charge in [0.25, 0.3) is 5.91 Å². The van der Waals surface area contributed by atoms with Crippen molar-refractivity contribution in [2.45, 2.75) is 19.4 Å². The first kappa shape index (κ1) is 16.8. The van der Waals surface area contributed by atoms with E-state index in [2.05, 4.69) is 9.88 Å². The van der Waals surface area contributed by atoms with Gasteiger partial charge in [0.15, 0.2) is 0 Å². The summed E-state index contributed by atoms with van der Waals surface area (Å²) in [6.45, 7) is 4.28. The quantitative estimate of drug-likeness (QED) is 0.893. The predicted molar refractivity (Wildman–Crippen MR) is 93.6 cm³/mol. The molecule has 2 N–H and O–H groups in total. The first-order chi connectivity index (χ1) is 11.5. The number of hydrogen-bond acceptors (Lipinski definition) is 4. The van der Waals surface area contributed by atoms with Crippen LogP contribution in [0.1, 0.15) is 22.5 Å². The molecule has 0 radical (unpaired) electrons. The standard InChI is InChI=1S/C18H25N3O3/c1-12-15-10-14(24-3)4-5-16(15)19-17(12)18(23)21-8-7-20(2)13(11-21)6-9-22/h4-5,10,13,19,22H,6-9,11H2,1-3H3. The number of nitrogens with one attached hydrogen (secondary N) is 1. The van der Waals surface area contributed by atoms with E-state index in [-0.39, 0.29) is 18.6 Å². The van der Waals surface area contributed by atoms with Gasteiger partial charge in [0.1, 0.15) is 11.4 Å². The zero-order valence-corrected chi connectivity index (χ0v) is 14.5. The number of amides is 1. The van der Waals surface area contributed by atoms with Crippen molar-refractivity contribution in [1.29, 1.82) is 0 Å². The lowest BCUT2D eigenvalue weighted by atomic mass is 10.1. The first-order valence-corrected chi connectivity index (χ1v) is 8.31. The third-order valence-electron chi connectivity index (χ3n) is 5.01. The number of aromatic amines is 1. The SMILES string of the molecule is COc1ccc2[nH]c(C(=O)N3CCN(C)C(CCO)C3)c(C)c2c1. The van der Waals surface area contributed by atoms with Gasteiger partial charge >= 0.3 is 0 Å². The van der Waals surface area contributed by atoms with Crippen molar-refractivity contribution in [1.82, 2.24) is 14.8 Å². The second-order valence-electron chi connectivity index (χ2n) is 6.43. The average molecular weight is 331 g/mol. The normalized spacial score (nSPS) is 19.0. The Morgan fingerprint density at radius 2 is 2.21 bits per heavy atom. The molecule has 1 fully saturated rings. The fourth-order valence-electron chi connectivity index (χ4n) is 3.40. The highest BCUT2D eigenvalue weighted by atomic mass is 16.5. The van der Waals surface area contributed by atoms with E-state index in [1.165, 1.54) is 0 Å². The topological polar surface area (TPSA) is 68.8 Å². The number of nitrogens with zero attached hydrogens (tertiary/aromatic N) is 2. The Morgan fingerprint density at radius 1 is 1.42 bits per heavy atom. The van der Waals surface area contributed by atoms with Crippen LogP contribution in [0.4, 0.5) is 0 Å². The van der Waals surface area contributed by atoms with Crippen LogP contribution in [0.5, 0.6) is 5.75 Å². The van der Waals surface area contributed by atoms with Gasteiger partial charge in [0.2, 0.25) is 0 Å². The lowest BCUT2D eigenvalue weighted by Crippen LogP contribution is -2.53. The number of benzene rings is 1. The van der Waals surface area contributed by atoms with E-state index in [4.69, 9.17) is 4.74 Å². The molecule has 1 atom stereocenters. The van der Waals surface area contributed by atoms with Gasteiger partial charge in [0, 0.05) is 43.2 Å². The van der Waals surface area contributed by atoms with Gasteiger partial charge in [-0.1, -0.05) is 0 Å². The summed E-state index contributed by atoms with van der Waals surface area (Å²) in [5.41, 5.74) is 2.54. The van der Waals surface area contributed by atoms with Crippen molar-refractivity contribution < 1.29 is 14.6 Å². The Kier molecular flexibility index (Phi) is 4.78. The number of aliphatic hydroxyl groups is 1. The number of ether oxygens (including phenoxy) is 1. The molecule has 1 unspecified atom stereocenters. The van der Waals surface area contributed by atoms with Gasteiger partial charge in [-0.15, -0.1) is 0 Å². The van der Waals surface area contributed by atoms with Crippen LogP contribution < -0.4 is 4.74 Å². The summed E-state index contributed by atoms with van der Waals surface area (Å²) in [6.07, 6.45) is 0.684. The molecule has 24 heavy (non-hydrogen) atoms. The molecule has 0 aliphatic carbocycles. The van der Waals surface area contributed by atoms with Crippen LogP contribution in [0.15, 0.2) is 18.2 Å². The molecule has 2 aromatic rings. The van der Waals surface area contributed by atoms with Crippen LogP contribution >= 0.6 is 0 Å². The maximum Gasteiger partial charge on any atom is 0.270 e. The van der Waals surface area contributed by atoms with E-state index in [9.17, 15) is 9.90 Å². The number of carbonyl (C=O) groups excluding carboxylic acids is 1. The summed E-state index contributed by atoms with van der Waals surface area (Å²) in [7, 11) is 3.68. The van der Waals surface area contributed by atoms with Crippen molar-refractivity contribution in [2.75, 3.05) is 40.4 Å². The molecule has 1 aromatic heterocycles. The molecular formula is C18H25N3O3. The fraction of sp³-hybridized carbons (Fsp3) is 0.500. The Balaban J connectivity index is 1.87. The van der Waals surface area contributed by atoms with Gasteiger partial charge in [-0.25, -0.2) is 0 Å². The average Bonchev–Trinajstić information content (AvgIpc) is 2.92. The summed E-state index contributed by atoms with van der Waals surface area (Å²) in [6, 6.07) is 5.99. The Morgan fingerprint density at radius 3 is 2.92 bits per heavy atom. The molecule has 0 spiro atoms. The molecule has 3 rings (SSSR count). The highest BCUT2D eigenvalue weighted by Crippen LogP contribution is 2.27. The highest BCUT2D eigenvalue weighted by molar-refractivity contribution is 6.01. The fourth-order valence-corrected chi connectivity index (χ4v) is 3.40. The molecular weight excluding hydrogens is 306 g/mol.